The summed E-state index contributed by atoms with van der Waals surface area (Å²) in [4.78, 5) is 11.6. The number of quaternary nitrogens is 1. The molecule has 0 aliphatic heterocycles. The molecule has 0 aromatic rings. The third-order valence-electron chi connectivity index (χ3n) is 4.47. The minimum absolute atomic E-state index is 0.0107. The molecule has 0 atom stereocenters. The molecule has 0 spiro atoms. The Bertz CT molecular complexity index is 284. The summed E-state index contributed by atoms with van der Waals surface area (Å²) in [7, 11) is 6.48. The Morgan fingerprint density at radius 3 is 1.62 bits per heavy atom. The maximum atomic E-state index is 11.6. The SMILES string of the molecule is CCCCCCCCCCCCCCC(=O)OCCC[N+](C)(C)C. The monoisotopic (exact) mass is 342 g/mol. The second-order valence-corrected chi connectivity index (χ2v) is 8.23. The van der Waals surface area contributed by atoms with Crippen molar-refractivity contribution in [1.29, 1.82) is 0 Å². The van der Waals surface area contributed by atoms with Crippen LogP contribution in [-0.4, -0.2) is 44.7 Å². The van der Waals surface area contributed by atoms with Crippen LogP contribution in [0.3, 0.4) is 0 Å². The van der Waals surface area contributed by atoms with Crippen molar-refractivity contribution in [2.24, 2.45) is 0 Å². The van der Waals surface area contributed by atoms with Gasteiger partial charge in [0, 0.05) is 12.8 Å². The molecule has 0 saturated carbocycles. The molecule has 0 heterocycles. The van der Waals surface area contributed by atoms with E-state index in [1.54, 1.807) is 0 Å². The van der Waals surface area contributed by atoms with Crippen LogP contribution in [0.1, 0.15) is 96.8 Å². The number of hydrogen-bond donors (Lipinski definition) is 0. The maximum absolute atomic E-state index is 11.6. The summed E-state index contributed by atoms with van der Waals surface area (Å²) >= 11 is 0. The van der Waals surface area contributed by atoms with Gasteiger partial charge in [0.25, 0.3) is 0 Å². The van der Waals surface area contributed by atoms with Crippen LogP contribution in [0.4, 0.5) is 0 Å². The number of nitrogens with zero attached hydrogens (tertiary/aromatic N) is 1. The molecule has 0 aliphatic carbocycles. The van der Waals surface area contributed by atoms with E-state index >= 15 is 0 Å². The summed E-state index contributed by atoms with van der Waals surface area (Å²) in [6.45, 7) is 3.89. The number of hydrogen-bond acceptors (Lipinski definition) is 2. The highest BCUT2D eigenvalue weighted by Crippen LogP contribution is 2.12. The van der Waals surface area contributed by atoms with Crippen LogP contribution in [-0.2, 0) is 9.53 Å². The van der Waals surface area contributed by atoms with Crippen molar-refractivity contribution >= 4 is 5.97 Å². The van der Waals surface area contributed by atoms with E-state index in [1.165, 1.54) is 70.6 Å². The molecular weight excluding hydrogens is 298 g/mol. The number of carbonyl (C=O) groups is 1. The Kier molecular flexibility index (Phi) is 15.6. The van der Waals surface area contributed by atoms with Gasteiger partial charge in [0.1, 0.15) is 0 Å². The first-order chi connectivity index (χ1) is 11.5. The van der Waals surface area contributed by atoms with Gasteiger partial charge in [-0.15, -0.1) is 0 Å². The lowest BCUT2D eigenvalue weighted by atomic mass is 10.0. The molecule has 0 N–H and O–H groups in total. The second-order valence-electron chi connectivity index (χ2n) is 8.23. The fourth-order valence-electron chi connectivity index (χ4n) is 2.91. The van der Waals surface area contributed by atoms with Crippen LogP contribution >= 0.6 is 0 Å². The van der Waals surface area contributed by atoms with Crippen LogP contribution in [0.15, 0.2) is 0 Å². The molecule has 0 bridgehead atoms. The average molecular weight is 343 g/mol. The second kappa shape index (κ2) is 15.9. The van der Waals surface area contributed by atoms with E-state index < -0.39 is 0 Å². The van der Waals surface area contributed by atoms with Gasteiger partial charge in [-0.05, 0) is 6.42 Å². The highest BCUT2D eigenvalue weighted by atomic mass is 16.5. The summed E-state index contributed by atoms with van der Waals surface area (Å²) in [6, 6.07) is 0. The van der Waals surface area contributed by atoms with Gasteiger partial charge in [0.05, 0.1) is 34.3 Å². The van der Waals surface area contributed by atoms with Gasteiger partial charge in [0.2, 0.25) is 0 Å². The molecule has 0 rings (SSSR count). The summed E-state index contributed by atoms with van der Waals surface area (Å²) in [5.74, 6) is -0.0107. The highest BCUT2D eigenvalue weighted by Gasteiger charge is 2.07. The number of rotatable bonds is 17. The quantitative estimate of drug-likeness (QED) is 0.192. The fraction of sp³-hybridized carbons (Fsp3) is 0.952. The molecule has 3 nitrogen and oxygen atoms in total. The highest BCUT2D eigenvalue weighted by molar-refractivity contribution is 5.69. The van der Waals surface area contributed by atoms with Crippen LogP contribution in [0.2, 0.25) is 0 Å². The smallest absolute Gasteiger partial charge is 0.305 e. The van der Waals surface area contributed by atoms with E-state index in [0.717, 1.165) is 23.9 Å². The van der Waals surface area contributed by atoms with Gasteiger partial charge >= 0.3 is 5.97 Å². The van der Waals surface area contributed by atoms with Gasteiger partial charge < -0.3 is 9.22 Å². The van der Waals surface area contributed by atoms with Crippen LogP contribution < -0.4 is 0 Å². The first kappa shape index (κ1) is 23.4. The normalized spacial score (nSPS) is 11.7. The average Bonchev–Trinajstić information content (AvgIpc) is 2.52. The Balaban J connectivity index is 3.19. The standard InChI is InChI=1S/C21H44NO2/c1-5-6-7-8-9-10-11-12-13-14-15-16-18-21(23)24-20-17-19-22(2,3)4/h5-20H2,1-4H3/q+1. The molecule has 0 saturated heterocycles. The first-order valence-corrected chi connectivity index (χ1v) is 10.4. The van der Waals surface area contributed by atoms with Gasteiger partial charge in [-0.25, -0.2) is 0 Å². The first-order valence-electron chi connectivity index (χ1n) is 10.4. The van der Waals surface area contributed by atoms with E-state index in [-0.39, 0.29) is 5.97 Å². The van der Waals surface area contributed by atoms with Gasteiger partial charge in [-0.1, -0.05) is 77.6 Å². The zero-order valence-corrected chi connectivity index (χ0v) is 17.1. The number of ether oxygens (including phenoxy) is 1. The van der Waals surface area contributed by atoms with Crippen molar-refractivity contribution in [3.05, 3.63) is 0 Å². The van der Waals surface area contributed by atoms with Crippen molar-refractivity contribution in [2.75, 3.05) is 34.3 Å². The van der Waals surface area contributed by atoms with Crippen LogP contribution in [0.5, 0.6) is 0 Å². The molecule has 144 valence electrons. The zero-order chi connectivity index (χ0) is 18.1. The van der Waals surface area contributed by atoms with E-state index in [1.807, 2.05) is 0 Å². The molecule has 0 amide bonds. The van der Waals surface area contributed by atoms with Crippen molar-refractivity contribution in [3.8, 4) is 0 Å². The number of carbonyl (C=O) groups excluding carboxylic acids is 1. The summed E-state index contributed by atoms with van der Waals surface area (Å²) in [6.07, 6.45) is 17.5. The third-order valence-corrected chi connectivity index (χ3v) is 4.47. The third kappa shape index (κ3) is 19.5. The Hall–Kier alpha value is -0.570. The maximum Gasteiger partial charge on any atom is 0.305 e. The Morgan fingerprint density at radius 1 is 0.708 bits per heavy atom. The predicted octanol–water partition coefficient (Wildman–Crippen LogP) is 5.72. The predicted molar refractivity (Wildman–Crippen MR) is 104 cm³/mol. The van der Waals surface area contributed by atoms with Crippen LogP contribution in [0.25, 0.3) is 0 Å². The molecule has 0 unspecified atom stereocenters. The van der Waals surface area contributed by atoms with E-state index in [9.17, 15) is 4.79 Å². The van der Waals surface area contributed by atoms with Crippen LogP contribution in [0, 0.1) is 0 Å². The number of unbranched alkanes of at least 4 members (excludes halogenated alkanes) is 11. The lowest BCUT2D eigenvalue weighted by molar-refractivity contribution is -0.870. The largest absolute Gasteiger partial charge is 0.465 e. The van der Waals surface area contributed by atoms with Crippen molar-refractivity contribution in [1.82, 2.24) is 0 Å². The van der Waals surface area contributed by atoms with Crippen molar-refractivity contribution in [2.45, 2.75) is 96.8 Å². The van der Waals surface area contributed by atoms with Gasteiger partial charge in [-0.2, -0.15) is 0 Å². The molecule has 0 aromatic carbocycles. The molecule has 3 heteroatoms. The molecule has 24 heavy (non-hydrogen) atoms. The number of esters is 1. The molecule has 0 radical (unpaired) electrons. The molecule has 0 aromatic heterocycles. The summed E-state index contributed by atoms with van der Waals surface area (Å²) < 4.78 is 6.22. The van der Waals surface area contributed by atoms with E-state index in [4.69, 9.17) is 4.74 Å². The molecular formula is C21H44NO2+. The Morgan fingerprint density at radius 2 is 1.17 bits per heavy atom. The van der Waals surface area contributed by atoms with E-state index in [0.29, 0.717) is 13.0 Å². The molecule has 0 fully saturated rings. The van der Waals surface area contributed by atoms with Gasteiger partial charge in [-0.3, -0.25) is 4.79 Å². The van der Waals surface area contributed by atoms with Crippen molar-refractivity contribution in [3.63, 3.8) is 0 Å². The topological polar surface area (TPSA) is 26.3 Å². The summed E-state index contributed by atoms with van der Waals surface area (Å²) in [5.41, 5.74) is 0. The Labute approximate surface area is 151 Å². The molecule has 0 aliphatic rings. The lowest BCUT2D eigenvalue weighted by Crippen LogP contribution is -2.35. The van der Waals surface area contributed by atoms with Gasteiger partial charge in [0.15, 0.2) is 0 Å². The minimum atomic E-state index is -0.0107. The zero-order valence-electron chi connectivity index (χ0n) is 17.1. The summed E-state index contributed by atoms with van der Waals surface area (Å²) in [5, 5.41) is 0. The minimum Gasteiger partial charge on any atom is -0.465 e. The fourth-order valence-corrected chi connectivity index (χ4v) is 2.91. The van der Waals surface area contributed by atoms with E-state index in [2.05, 4.69) is 28.1 Å². The lowest BCUT2D eigenvalue weighted by Gasteiger charge is -2.23. The van der Waals surface area contributed by atoms with Crippen molar-refractivity contribution < 1.29 is 14.0 Å².